The average Bonchev–Trinajstić information content (AvgIpc) is 2.66. The van der Waals surface area contributed by atoms with E-state index in [9.17, 15) is 4.39 Å². The molecule has 1 aromatic heterocycles. The predicted molar refractivity (Wildman–Crippen MR) is 58.4 cm³/mol. The van der Waals surface area contributed by atoms with Crippen LogP contribution in [0.5, 0.6) is 0 Å². The first-order valence-corrected chi connectivity index (χ1v) is 4.82. The molecule has 1 aromatic carbocycles. The Morgan fingerprint density at radius 3 is 2.69 bits per heavy atom. The van der Waals surface area contributed by atoms with Gasteiger partial charge >= 0.3 is 7.12 Å². The van der Waals surface area contributed by atoms with Gasteiger partial charge in [-0.1, -0.05) is 17.7 Å². The van der Waals surface area contributed by atoms with Gasteiger partial charge in [0.15, 0.2) is 0 Å². The van der Waals surface area contributed by atoms with Crippen LogP contribution in [-0.2, 0) is 0 Å². The standard InChI is InChI=1S/C9H7BClFN2O2/c11-7-2-1-3-8(12)9(7)14-5-6(4-13-14)10(15)16/h1-5,15-16H. The van der Waals surface area contributed by atoms with E-state index in [2.05, 4.69) is 5.10 Å². The molecule has 0 unspecified atom stereocenters. The molecule has 2 N–H and O–H groups in total. The van der Waals surface area contributed by atoms with Gasteiger partial charge in [-0.15, -0.1) is 0 Å². The molecule has 0 bridgehead atoms. The van der Waals surface area contributed by atoms with Gasteiger partial charge in [0.1, 0.15) is 11.5 Å². The lowest BCUT2D eigenvalue weighted by molar-refractivity contribution is 0.426. The molecule has 0 aliphatic carbocycles. The number of para-hydroxylation sites is 1. The average molecular weight is 240 g/mol. The molecule has 0 amide bonds. The SMILES string of the molecule is OB(O)c1cnn(-c2c(F)cccc2Cl)c1. The number of aromatic nitrogens is 2. The topological polar surface area (TPSA) is 58.3 Å². The van der Waals surface area contributed by atoms with E-state index in [0.29, 0.717) is 0 Å². The zero-order valence-corrected chi connectivity index (χ0v) is 8.76. The fraction of sp³-hybridized carbons (Fsp3) is 0. The van der Waals surface area contributed by atoms with Crippen molar-refractivity contribution in [3.8, 4) is 5.69 Å². The van der Waals surface area contributed by atoms with Gasteiger partial charge in [0, 0.05) is 17.9 Å². The van der Waals surface area contributed by atoms with Crippen LogP contribution in [0.15, 0.2) is 30.6 Å². The summed E-state index contributed by atoms with van der Waals surface area (Å²) in [6, 6.07) is 4.25. The molecule has 0 aliphatic rings. The molecular formula is C9H7BClFN2O2. The van der Waals surface area contributed by atoms with Crippen LogP contribution < -0.4 is 5.46 Å². The smallest absolute Gasteiger partial charge is 0.423 e. The molecule has 0 aliphatic heterocycles. The molecule has 7 heteroatoms. The van der Waals surface area contributed by atoms with E-state index in [1.807, 2.05) is 0 Å². The quantitative estimate of drug-likeness (QED) is 0.745. The first-order chi connectivity index (χ1) is 7.59. The minimum atomic E-state index is -1.64. The van der Waals surface area contributed by atoms with Gasteiger partial charge in [-0.2, -0.15) is 5.10 Å². The number of hydrogen-bond acceptors (Lipinski definition) is 3. The predicted octanol–water partition coefficient (Wildman–Crippen LogP) is 0.345. The molecule has 2 rings (SSSR count). The third kappa shape index (κ3) is 1.95. The van der Waals surface area contributed by atoms with E-state index in [0.717, 1.165) is 4.68 Å². The minimum Gasteiger partial charge on any atom is -0.423 e. The highest BCUT2D eigenvalue weighted by molar-refractivity contribution is 6.58. The third-order valence-corrected chi connectivity index (χ3v) is 2.37. The second-order valence-corrected chi connectivity index (χ2v) is 3.57. The second kappa shape index (κ2) is 4.25. The molecule has 0 atom stereocenters. The molecule has 0 saturated carbocycles. The highest BCUT2D eigenvalue weighted by Crippen LogP contribution is 2.21. The Kier molecular flexibility index (Phi) is 2.96. The van der Waals surface area contributed by atoms with E-state index >= 15 is 0 Å². The van der Waals surface area contributed by atoms with E-state index < -0.39 is 12.9 Å². The van der Waals surface area contributed by atoms with Crippen LogP contribution in [0, 0.1) is 5.82 Å². The van der Waals surface area contributed by atoms with Crippen molar-refractivity contribution in [1.29, 1.82) is 0 Å². The van der Waals surface area contributed by atoms with Crippen molar-refractivity contribution >= 4 is 24.2 Å². The summed E-state index contributed by atoms with van der Waals surface area (Å²) in [6.45, 7) is 0. The Balaban J connectivity index is 2.50. The Bertz CT molecular complexity index is 498. The van der Waals surface area contributed by atoms with Gasteiger partial charge in [-0.05, 0) is 12.1 Å². The van der Waals surface area contributed by atoms with Crippen LogP contribution in [0.2, 0.25) is 5.02 Å². The number of benzene rings is 1. The summed E-state index contributed by atoms with van der Waals surface area (Å²) >= 11 is 5.83. The van der Waals surface area contributed by atoms with Crippen molar-refractivity contribution in [3.05, 3.63) is 41.4 Å². The van der Waals surface area contributed by atoms with E-state index in [-0.39, 0.29) is 16.2 Å². The maximum Gasteiger partial charge on any atom is 0.491 e. The monoisotopic (exact) mass is 240 g/mol. The van der Waals surface area contributed by atoms with Gasteiger partial charge in [0.2, 0.25) is 0 Å². The fourth-order valence-corrected chi connectivity index (χ4v) is 1.55. The summed E-state index contributed by atoms with van der Waals surface area (Å²) in [5, 5.41) is 21.8. The number of hydrogen-bond donors (Lipinski definition) is 2. The maximum absolute atomic E-state index is 13.5. The van der Waals surface area contributed by atoms with Crippen LogP contribution in [0.1, 0.15) is 0 Å². The van der Waals surface area contributed by atoms with Gasteiger partial charge in [-0.3, -0.25) is 0 Å². The van der Waals surface area contributed by atoms with Gasteiger partial charge in [-0.25, -0.2) is 9.07 Å². The first-order valence-electron chi connectivity index (χ1n) is 4.44. The van der Waals surface area contributed by atoms with Crippen LogP contribution in [0.4, 0.5) is 4.39 Å². The Morgan fingerprint density at radius 2 is 2.12 bits per heavy atom. The van der Waals surface area contributed by atoms with Gasteiger partial charge in [0.25, 0.3) is 0 Å². The first kappa shape index (κ1) is 11.1. The van der Waals surface area contributed by atoms with Crippen molar-refractivity contribution in [2.75, 3.05) is 0 Å². The van der Waals surface area contributed by atoms with Crippen LogP contribution in [-0.4, -0.2) is 26.9 Å². The third-order valence-electron chi connectivity index (χ3n) is 2.07. The molecule has 16 heavy (non-hydrogen) atoms. The Morgan fingerprint density at radius 1 is 1.38 bits per heavy atom. The number of halogens is 2. The molecule has 0 fully saturated rings. The summed E-state index contributed by atoms with van der Waals surface area (Å²) < 4.78 is 14.6. The van der Waals surface area contributed by atoms with Gasteiger partial charge < -0.3 is 10.0 Å². The lowest BCUT2D eigenvalue weighted by Crippen LogP contribution is -2.28. The molecular weight excluding hydrogens is 233 g/mol. The minimum absolute atomic E-state index is 0.0797. The fourth-order valence-electron chi connectivity index (χ4n) is 1.30. The van der Waals surface area contributed by atoms with Crippen LogP contribution >= 0.6 is 11.6 Å². The van der Waals surface area contributed by atoms with Crippen LogP contribution in [0.3, 0.4) is 0 Å². The Labute approximate surface area is 96.0 Å². The van der Waals surface area contributed by atoms with E-state index in [1.54, 1.807) is 0 Å². The van der Waals surface area contributed by atoms with Crippen LogP contribution in [0.25, 0.3) is 5.69 Å². The summed E-state index contributed by atoms with van der Waals surface area (Å²) in [6.07, 6.45) is 2.53. The lowest BCUT2D eigenvalue weighted by atomic mass is 9.83. The molecule has 0 radical (unpaired) electrons. The van der Waals surface area contributed by atoms with E-state index in [4.69, 9.17) is 21.6 Å². The largest absolute Gasteiger partial charge is 0.491 e. The van der Waals surface area contributed by atoms with Crippen molar-refractivity contribution in [3.63, 3.8) is 0 Å². The molecule has 0 saturated heterocycles. The molecule has 82 valence electrons. The van der Waals surface area contributed by atoms with Crippen molar-refractivity contribution < 1.29 is 14.4 Å². The van der Waals surface area contributed by atoms with Gasteiger partial charge in [0.05, 0.1) is 5.02 Å². The normalized spacial score (nSPS) is 10.5. The molecule has 2 aromatic rings. The Hall–Kier alpha value is -1.37. The molecule has 0 spiro atoms. The summed E-state index contributed by atoms with van der Waals surface area (Å²) in [7, 11) is -1.64. The summed E-state index contributed by atoms with van der Waals surface area (Å²) in [4.78, 5) is 0. The van der Waals surface area contributed by atoms with Crippen molar-refractivity contribution in [2.45, 2.75) is 0 Å². The summed E-state index contributed by atoms with van der Waals surface area (Å²) in [5.74, 6) is -0.533. The highest BCUT2D eigenvalue weighted by atomic mass is 35.5. The number of nitrogens with zero attached hydrogens (tertiary/aromatic N) is 2. The number of rotatable bonds is 2. The summed E-state index contributed by atoms with van der Waals surface area (Å²) in [5.41, 5.74) is 0.246. The lowest BCUT2D eigenvalue weighted by Gasteiger charge is -2.04. The maximum atomic E-state index is 13.5. The molecule has 4 nitrogen and oxygen atoms in total. The second-order valence-electron chi connectivity index (χ2n) is 3.16. The van der Waals surface area contributed by atoms with E-state index in [1.165, 1.54) is 30.6 Å². The zero-order chi connectivity index (χ0) is 11.7. The highest BCUT2D eigenvalue weighted by Gasteiger charge is 2.16. The molecule has 1 heterocycles. The zero-order valence-electron chi connectivity index (χ0n) is 8.01. The van der Waals surface area contributed by atoms with Crippen molar-refractivity contribution in [2.24, 2.45) is 0 Å². The van der Waals surface area contributed by atoms with Crippen molar-refractivity contribution in [1.82, 2.24) is 9.78 Å².